The van der Waals surface area contributed by atoms with Gasteiger partial charge >= 0.3 is 5.97 Å². The van der Waals surface area contributed by atoms with Gasteiger partial charge in [-0.05, 0) is 34.7 Å². The van der Waals surface area contributed by atoms with Crippen LogP contribution in [0.4, 0.5) is 5.69 Å². The molecular weight excluding hydrogens is 401 g/mol. The summed E-state index contributed by atoms with van der Waals surface area (Å²) in [5.41, 5.74) is 6.21. The third-order valence-electron chi connectivity index (χ3n) is 2.67. The summed E-state index contributed by atoms with van der Waals surface area (Å²) in [6, 6.07) is 12.4. The Morgan fingerprint density at radius 1 is 1.23 bits per heavy atom. The lowest BCUT2D eigenvalue weighted by Crippen LogP contribution is -2.15. The highest BCUT2D eigenvalue weighted by Gasteiger charge is 2.12. The predicted octanol–water partition coefficient (Wildman–Crippen LogP) is 2.68. The summed E-state index contributed by atoms with van der Waals surface area (Å²) in [4.78, 5) is 26.8. The number of halogens is 1. The molecule has 0 amide bonds. The number of rotatable bonds is 4. The molecule has 0 fully saturated rings. The summed E-state index contributed by atoms with van der Waals surface area (Å²) in [6.45, 7) is 0. The first kappa shape index (κ1) is 15.9. The standard InChI is InChI=1S/C14H10IN3O4/c15-12-7-2-1-6-11(12)14(19)22-17-13(16)9-4-3-5-10(8-9)18(20)21/h1-8H,(H2,16,17). The van der Waals surface area contributed by atoms with Crippen LogP contribution in [-0.4, -0.2) is 16.7 Å². The molecule has 0 aliphatic carbocycles. The summed E-state index contributed by atoms with van der Waals surface area (Å²) < 4.78 is 0.717. The molecule has 0 aliphatic heterocycles. The zero-order chi connectivity index (χ0) is 16.1. The minimum absolute atomic E-state index is 0.122. The molecule has 7 nitrogen and oxygen atoms in total. The van der Waals surface area contributed by atoms with Gasteiger partial charge in [0.25, 0.3) is 5.69 Å². The number of hydrogen-bond acceptors (Lipinski definition) is 5. The second-order valence-corrected chi connectivity index (χ2v) is 5.30. The fourth-order valence-corrected chi connectivity index (χ4v) is 2.21. The molecular formula is C14H10IN3O4. The van der Waals surface area contributed by atoms with Crippen LogP contribution in [0.3, 0.4) is 0 Å². The Hall–Kier alpha value is -2.49. The highest BCUT2D eigenvalue weighted by molar-refractivity contribution is 14.1. The Kier molecular flexibility index (Phi) is 5.04. The Morgan fingerprint density at radius 2 is 1.95 bits per heavy atom. The van der Waals surface area contributed by atoms with Crippen LogP contribution in [0.25, 0.3) is 0 Å². The van der Waals surface area contributed by atoms with Crippen LogP contribution in [0, 0.1) is 13.7 Å². The number of benzene rings is 2. The lowest BCUT2D eigenvalue weighted by atomic mass is 10.2. The van der Waals surface area contributed by atoms with Crippen LogP contribution < -0.4 is 5.73 Å². The molecule has 0 saturated heterocycles. The van der Waals surface area contributed by atoms with Gasteiger partial charge in [-0.2, -0.15) is 0 Å². The first-order chi connectivity index (χ1) is 10.5. The van der Waals surface area contributed by atoms with Crippen molar-refractivity contribution in [3.63, 3.8) is 0 Å². The summed E-state index contributed by atoms with van der Waals surface area (Å²) >= 11 is 2.00. The minimum atomic E-state index is -0.654. The number of nitrogens with two attached hydrogens (primary N) is 1. The average Bonchev–Trinajstić information content (AvgIpc) is 2.52. The summed E-state index contributed by atoms with van der Waals surface area (Å²) in [6.07, 6.45) is 0. The van der Waals surface area contributed by atoms with Crippen molar-refractivity contribution in [3.8, 4) is 0 Å². The van der Waals surface area contributed by atoms with Crippen LogP contribution in [0.2, 0.25) is 0 Å². The van der Waals surface area contributed by atoms with Crippen LogP contribution in [-0.2, 0) is 4.84 Å². The first-order valence-electron chi connectivity index (χ1n) is 6.03. The van der Waals surface area contributed by atoms with E-state index in [2.05, 4.69) is 5.16 Å². The minimum Gasteiger partial charge on any atom is -0.380 e. The molecule has 112 valence electrons. The van der Waals surface area contributed by atoms with Crippen molar-refractivity contribution in [1.82, 2.24) is 0 Å². The fraction of sp³-hybridized carbons (Fsp3) is 0. The van der Waals surface area contributed by atoms with Crippen molar-refractivity contribution in [1.29, 1.82) is 0 Å². The molecule has 2 aromatic rings. The zero-order valence-electron chi connectivity index (χ0n) is 11.1. The van der Waals surface area contributed by atoms with E-state index in [9.17, 15) is 14.9 Å². The van der Waals surface area contributed by atoms with E-state index in [1.807, 2.05) is 22.6 Å². The number of nitro groups is 1. The van der Waals surface area contributed by atoms with Crippen molar-refractivity contribution in [2.24, 2.45) is 10.9 Å². The number of amidine groups is 1. The SMILES string of the molecule is N/C(=N\OC(=O)c1ccccc1I)c1cccc([N+](=O)[O-])c1. The lowest BCUT2D eigenvalue weighted by Gasteiger charge is -2.02. The van der Waals surface area contributed by atoms with Crippen molar-refractivity contribution in [2.75, 3.05) is 0 Å². The van der Waals surface area contributed by atoms with Crippen molar-refractivity contribution in [3.05, 3.63) is 73.3 Å². The normalized spacial score (nSPS) is 11.0. The Bertz CT molecular complexity index is 761. The van der Waals surface area contributed by atoms with Gasteiger partial charge in [0.05, 0.1) is 10.5 Å². The number of nitro benzene ring substituents is 1. The molecule has 0 bridgehead atoms. The van der Waals surface area contributed by atoms with E-state index in [4.69, 9.17) is 10.6 Å². The molecule has 2 rings (SSSR count). The van der Waals surface area contributed by atoms with Crippen LogP contribution in [0.5, 0.6) is 0 Å². The Morgan fingerprint density at radius 3 is 2.64 bits per heavy atom. The maximum atomic E-state index is 11.9. The number of carbonyl (C=O) groups excluding carboxylic acids is 1. The molecule has 2 N–H and O–H groups in total. The van der Waals surface area contributed by atoms with E-state index < -0.39 is 10.9 Å². The number of non-ortho nitro benzene ring substituents is 1. The molecule has 22 heavy (non-hydrogen) atoms. The van der Waals surface area contributed by atoms with Crippen molar-refractivity contribution in [2.45, 2.75) is 0 Å². The van der Waals surface area contributed by atoms with Gasteiger partial charge in [-0.25, -0.2) is 4.79 Å². The summed E-state index contributed by atoms with van der Waals surface area (Å²) in [5, 5.41) is 14.2. The third-order valence-corrected chi connectivity index (χ3v) is 3.61. The van der Waals surface area contributed by atoms with E-state index >= 15 is 0 Å². The van der Waals surface area contributed by atoms with Crippen LogP contribution in [0.1, 0.15) is 15.9 Å². The molecule has 2 aromatic carbocycles. The van der Waals surface area contributed by atoms with E-state index in [0.717, 1.165) is 0 Å². The van der Waals surface area contributed by atoms with Crippen LogP contribution in [0.15, 0.2) is 53.7 Å². The Balaban J connectivity index is 2.16. The monoisotopic (exact) mass is 411 g/mol. The molecule has 0 atom stereocenters. The molecule has 0 heterocycles. The van der Waals surface area contributed by atoms with Gasteiger partial charge in [-0.1, -0.05) is 29.4 Å². The second-order valence-electron chi connectivity index (χ2n) is 4.14. The van der Waals surface area contributed by atoms with Gasteiger partial charge in [-0.15, -0.1) is 0 Å². The largest absolute Gasteiger partial charge is 0.380 e. The maximum absolute atomic E-state index is 11.9. The molecule has 0 radical (unpaired) electrons. The van der Waals surface area contributed by atoms with Crippen LogP contribution >= 0.6 is 22.6 Å². The molecule has 0 aromatic heterocycles. The summed E-state index contributed by atoms with van der Waals surface area (Å²) in [7, 11) is 0. The molecule has 0 aliphatic rings. The van der Waals surface area contributed by atoms with E-state index in [1.54, 1.807) is 24.3 Å². The maximum Gasteiger partial charge on any atom is 0.366 e. The van der Waals surface area contributed by atoms with Gasteiger partial charge in [0.1, 0.15) is 0 Å². The second kappa shape index (κ2) is 6.98. The van der Waals surface area contributed by atoms with E-state index in [-0.39, 0.29) is 11.5 Å². The van der Waals surface area contributed by atoms with Gasteiger partial charge in [0, 0.05) is 21.3 Å². The molecule has 0 spiro atoms. The molecule has 0 unspecified atom stereocenters. The first-order valence-corrected chi connectivity index (χ1v) is 7.11. The van der Waals surface area contributed by atoms with Crippen molar-refractivity contribution < 1.29 is 14.6 Å². The van der Waals surface area contributed by atoms with Gasteiger partial charge in [0.15, 0.2) is 5.84 Å². The van der Waals surface area contributed by atoms with Gasteiger partial charge in [0.2, 0.25) is 0 Å². The highest BCUT2D eigenvalue weighted by Crippen LogP contribution is 2.14. The zero-order valence-corrected chi connectivity index (χ0v) is 13.3. The Labute approximate surface area is 139 Å². The third kappa shape index (κ3) is 3.79. The van der Waals surface area contributed by atoms with E-state index in [0.29, 0.717) is 14.7 Å². The number of hydrogen-bond donors (Lipinski definition) is 1. The molecule has 8 heteroatoms. The quantitative estimate of drug-likeness (QED) is 0.208. The highest BCUT2D eigenvalue weighted by atomic mass is 127. The topological polar surface area (TPSA) is 108 Å². The number of nitrogens with zero attached hydrogens (tertiary/aromatic N) is 2. The number of carbonyl (C=O) groups is 1. The fourth-order valence-electron chi connectivity index (χ4n) is 1.60. The smallest absolute Gasteiger partial charge is 0.366 e. The van der Waals surface area contributed by atoms with E-state index in [1.165, 1.54) is 24.3 Å². The lowest BCUT2D eigenvalue weighted by molar-refractivity contribution is -0.384. The summed E-state index contributed by atoms with van der Waals surface area (Å²) in [5.74, 6) is -0.777. The average molecular weight is 411 g/mol. The van der Waals surface area contributed by atoms with Gasteiger partial charge in [-0.3, -0.25) is 10.1 Å². The van der Waals surface area contributed by atoms with Crippen molar-refractivity contribution >= 4 is 40.1 Å². The number of oxime groups is 1. The molecule has 0 saturated carbocycles. The predicted molar refractivity (Wildman–Crippen MR) is 88.4 cm³/mol. The van der Waals surface area contributed by atoms with Gasteiger partial charge < -0.3 is 10.6 Å².